The fraction of sp³-hybridized carbons (Fsp3) is 0.895. The van der Waals surface area contributed by atoms with Crippen LogP contribution >= 0.6 is 0 Å². The van der Waals surface area contributed by atoms with Crippen molar-refractivity contribution in [3.63, 3.8) is 0 Å². The van der Waals surface area contributed by atoms with Gasteiger partial charge in [0.2, 0.25) is 11.8 Å². The van der Waals surface area contributed by atoms with Crippen LogP contribution in [0, 0.1) is 29.1 Å². The van der Waals surface area contributed by atoms with E-state index in [2.05, 4.69) is 37.1 Å². The lowest BCUT2D eigenvalue weighted by atomic mass is 9.50. The first-order valence-electron chi connectivity index (χ1n) is 20.2. The summed E-state index contributed by atoms with van der Waals surface area (Å²) in [5, 5.41) is 14.0. The highest BCUT2D eigenvalue weighted by Gasteiger charge is 2.54. The van der Waals surface area contributed by atoms with Gasteiger partial charge in [-0.1, -0.05) is 25.3 Å². The van der Waals surface area contributed by atoms with E-state index in [1.54, 1.807) is 0 Å². The van der Waals surface area contributed by atoms with E-state index in [0.717, 1.165) is 77.5 Å². The van der Waals surface area contributed by atoms with Gasteiger partial charge in [0.05, 0.1) is 24.2 Å². The number of likely N-dealkylation sites (tertiary alicyclic amines) is 2. The lowest BCUT2D eigenvalue weighted by Crippen LogP contribution is -2.65. The van der Waals surface area contributed by atoms with E-state index in [0.29, 0.717) is 24.9 Å². The minimum Gasteiger partial charge on any atom is -0.348 e. The Hall–Kier alpha value is -1.63. The molecule has 49 heavy (non-hydrogen) atoms. The number of nitrogens with one attached hydrogen (secondary N) is 4. The van der Waals surface area contributed by atoms with Gasteiger partial charge in [-0.15, -0.1) is 0 Å². The summed E-state index contributed by atoms with van der Waals surface area (Å²) in [5.41, 5.74) is 14.3. The lowest BCUT2D eigenvalue weighted by Gasteiger charge is -2.57. The molecule has 7 aliphatic rings. The van der Waals surface area contributed by atoms with Crippen LogP contribution in [0.25, 0.3) is 0 Å². The number of halogens is 1. The summed E-state index contributed by atoms with van der Waals surface area (Å²) >= 11 is 0. The second-order valence-corrected chi connectivity index (χ2v) is 16.8. The molecule has 4 saturated heterocycles. The van der Waals surface area contributed by atoms with Crippen molar-refractivity contribution >= 4 is 11.8 Å². The summed E-state index contributed by atoms with van der Waals surface area (Å²) in [6.07, 6.45) is 16.6. The molecule has 2 saturated carbocycles. The predicted molar refractivity (Wildman–Crippen MR) is 191 cm³/mol. The normalized spacial score (nSPS) is 37.8. The van der Waals surface area contributed by atoms with Gasteiger partial charge >= 0.3 is 0 Å². The van der Waals surface area contributed by atoms with Gasteiger partial charge in [-0.05, 0) is 119 Å². The van der Waals surface area contributed by atoms with Gasteiger partial charge in [0, 0.05) is 51.4 Å². The Balaban J connectivity index is 0.984. The average molecular weight is 685 g/mol. The van der Waals surface area contributed by atoms with Gasteiger partial charge in [-0.2, -0.15) is 0 Å². The molecule has 8 atom stereocenters. The maximum Gasteiger partial charge on any atom is 0.239 e. The van der Waals surface area contributed by atoms with Crippen LogP contribution in [0.1, 0.15) is 96.3 Å². The number of nitrogens with two attached hydrogens (primary N) is 2. The van der Waals surface area contributed by atoms with Crippen LogP contribution in [0.5, 0.6) is 0 Å². The number of fused-ring (bicyclic) bond motifs is 1. The maximum atomic E-state index is 15.2. The summed E-state index contributed by atoms with van der Waals surface area (Å²) in [5.74, 6) is 0.622. The predicted octanol–water partition coefficient (Wildman–Crippen LogP) is 2.38. The third kappa shape index (κ3) is 7.63. The molecule has 7 rings (SSSR count). The summed E-state index contributed by atoms with van der Waals surface area (Å²) in [6, 6.07) is 0.0909. The van der Waals surface area contributed by atoms with E-state index in [9.17, 15) is 9.59 Å². The molecule has 0 spiro atoms. The topological polar surface area (TPSA) is 141 Å². The Bertz CT molecular complexity index is 1160. The first kappa shape index (κ1) is 35.8. The molecule has 0 aromatic heterocycles. The second-order valence-electron chi connectivity index (χ2n) is 16.8. The molecule has 5 heterocycles. The van der Waals surface area contributed by atoms with Crippen molar-refractivity contribution in [2.45, 2.75) is 133 Å². The summed E-state index contributed by atoms with van der Waals surface area (Å²) < 4.78 is 15.2. The molecule has 11 heteroatoms. The van der Waals surface area contributed by atoms with Crippen molar-refractivity contribution in [3.05, 3.63) is 11.6 Å². The van der Waals surface area contributed by atoms with E-state index >= 15 is 4.39 Å². The summed E-state index contributed by atoms with van der Waals surface area (Å²) in [7, 11) is 0. The minimum absolute atomic E-state index is 0.0648. The molecular formula is C38H65FN8O2. The number of amides is 2. The van der Waals surface area contributed by atoms with Gasteiger partial charge < -0.3 is 42.5 Å². The number of hydrogen-bond donors (Lipinski definition) is 6. The van der Waals surface area contributed by atoms with Crippen LogP contribution in [-0.4, -0.2) is 110 Å². The van der Waals surface area contributed by atoms with Gasteiger partial charge in [-0.25, -0.2) is 4.39 Å². The van der Waals surface area contributed by atoms with Crippen LogP contribution in [-0.2, 0) is 9.59 Å². The molecule has 0 aromatic carbocycles. The third-order valence-corrected chi connectivity index (χ3v) is 14.3. The molecule has 0 aromatic rings. The zero-order valence-corrected chi connectivity index (χ0v) is 29.9. The van der Waals surface area contributed by atoms with E-state index in [1.807, 2.05) is 0 Å². The SMILES string of the molecule is NC(N)C(C(=O)NC1CNCC=C1C1CCC(C(=O)N2CCC(N3CCCC3)CC2)NC1)C1NCC(F)CCC2(C3CCC3)CCCCC12. The molecule has 8 N–H and O–H groups in total. The third-order valence-electron chi connectivity index (χ3n) is 14.3. The maximum absolute atomic E-state index is 15.2. The largest absolute Gasteiger partial charge is 0.348 e. The van der Waals surface area contributed by atoms with E-state index in [1.165, 1.54) is 57.2 Å². The van der Waals surface area contributed by atoms with Crippen molar-refractivity contribution in [1.29, 1.82) is 0 Å². The minimum atomic E-state index is -0.923. The fourth-order valence-electron chi connectivity index (χ4n) is 11.4. The van der Waals surface area contributed by atoms with Crippen LogP contribution in [0.3, 0.4) is 0 Å². The van der Waals surface area contributed by atoms with Crippen LogP contribution < -0.4 is 32.7 Å². The number of nitrogens with zero attached hydrogens (tertiary/aromatic N) is 2. The van der Waals surface area contributed by atoms with Crippen molar-refractivity contribution in [2.24, 2.45) is 40.6 Å². The van der Waals surface area contributed by atoms with Crippen molar-refractivity contribution < 1.29 is 14.0 Å². The Labute approximate surface area is 293 Å². The molecular weight excluding hydrogens is 619 g/mol. The van der Waals surface area contributed by atoms with E-state index in [4.69, 9.17) is 11.5 Å². The number of carbonyl (C=O) groups excluding carboxylic acids is 2. The molecule has 8 unspecified atom stereocenters. The Morgan fingerprint density at radius 2 is 1.65 bits per heavy atom. The second kappa shape index (κ2) is 15.9. The number of rotatable bonds is 8. The van der Waals surface area contributed by atoms with Crippen LogP contribution in [0.4, 0.5) is 4.39 Å². The lowest BCUT2D eigenvalue weighted by molar-refractivity contribution is -0.135. The fourth-order valence-corrected chi connectivity index (χ4v) is 11.4. The number of hydrogen-bond acceptors (Lipinski definition) is 8. The monoisotopic (exact) mass is 685 g/mol. The van der Waals surface area contributed by atoms with Crippen LogP contribution in [0.15, 0.2) is 11.6 Å². The molecule has 10 nitrogen and oxygen atoms in total. The first-order chi connectivity index (χ1) is 23.8. The first-order valence-corrected chi connectivity index (χ1v) is 20.2. The highest BCUT2D eigenvalue weighted by molar-refractivity contribution is 5.82. The molecule has 5 aliphatic heterocycles. The van der Waals surface area contributed by atoms with Gasteiger partial charge in [0.15, 0.2) is 0 Å². The zero-order chi connectivity index (χ0) is 34.0. The van der Waals surface area contributed by atoms with Gasteiger partial charge in [0.1, 0.15) is 6.17 Å². The molecule has 276 valence electrons. The number of carbonyl (C=O) groups is 2. The number of piperidine rings is 2. The van der Waals surface area contributed by atoms with Crippen molar-refractivity contribution in [3.8, 4) is 0 Å². The highest BCUT2D eigenvalue weighted by Crippen LogP contribution is 2.58. The average Bonchev–Trinajstić information content (AvgIpc) is 3.63. The Morgan fingerprint density at radius 3 is 2.35 bits per heavy atom. The molecule has 2 amide bonds. The highest BCUT2D eigenvalue weighted by atomic mass is 19.1. The van der Waals surface area contributed by atoms with Crippen LogP contribution in [0.2, 0.25) is 0 Å². The standard InChI is InChI=1S/C38H65FN8O2/c39-27-11-16-38(26-6-5-7-26)15-2-1-8-30(38)34(44-23-27)33(35(40)41)36(48)45-32-24-42-17-12-29(32)25-9-10-31(43-22-25)37(49)47-20-13-28(14-21-47)46-18-3-4-19-46/h12,25-28,30-35,42-44H,1-11,13-24,40-41H2,(H,45,48). The van der Waals surface area contributed by atoms with E-state index in [-0.39, 0.29) is 53.7 Å². The smallest absolute Gasteiger partial charge is 0.239 e. The Kier molecular flexibility index (Phi) is 11.6. The molecule has 2 aliphatic carbocycles. The molecule has 6 fully saturated rings. The molecule has 0 bridgehead atoms. The van der Waals surface area contributed by atoms with Crippen molar-refractivity contribution in [2.75, 3.05) is 52.4 Å². The number of alkyl halides is 1. The zero-order valence-electron chi connectivity index (χ0n) is 29.9. The summed E-state index contributed by atoms with van der Waals surface area (Å²) in [4.78, 5) is 32.6. The summed E-state index contributed by atoms with van der Waals surface area (Å²) in [6.45, 7) is 6.55. The van der Waals surface area contributed by atoms with Gasteiger partial charge in [0.25, 0.3) is 0 Å². The quantitative estimate of drug-likeness (QED) is 0.169. The van der Waals surface area contributed by atoms with Gasteiger partial charge in [-0.3, -0.25) is 9.59 Å². The Morgan fingerprint density at radius 1 is 0.857 bits per heavy atom. The van der Waals surface area contributed by atoms with E-state index < -0.39 is 18.3 Å². The van der Waals surface area contributed by atoms with Crippen molar-refractivity contribution in [1.82, 2.24) is 31.1 Å². The molecule has 0 radical (unpaired) electrons.